The smallest absolute Gasteiger partial charge is 0.358 e. The molecule has 0 saturated heterocycles. The third-order valence-electron chi connectivity index (χ3n) is 2.14. The van der Waals surface area contributed by atoms with E-state index in [9.17, 15) is 26.3 Å². The maximum atomic E-state index is 12.1. The van der Waals surface area contributed by atoms with Gasteiger partial charge in [-0.05, 0) is 27.3 Å². The van der Waals surface area contributed by atoms with Crippen LogP contribution in [0.25, 0.3) is 0 Å². The molecule has 8 heteroatoms. The summed E-state index contributed by atoms with van der Waals surface area (Å²) in [6.07, 6.45) is -15.7. The molecule has 2 unspecified atom stereocenters. The highest BCUT2D eigenvalue weighted by molar-refractivity contribution is 4.78. The molecule has 17 heavy (non-hydrogen) atoms. The Labute approximate surface area is 95.3 Å². The fourth-order valence-electron chi connectivity index (χ4n) is 1.24. The molecule has 0 rings (SSSR count). The number of nitrogens with one attached hydrogen (secondary N) is 1. The van der Waals surface area contributed by atoms with E-state index in [0.29, 0.717) is 0 Å². The summed E-state index contributed by atoms with van der Waals surface area (Å²) in [7, 11) is 1.56. The zero-order valence-electron chi connectivity index (χ0n) is 9.62. The highest BCUT2D eigenvalue weighted by Crippen LogP contribution is 2.36. The van der Waals surface area contributed by atoms with Gasteiger partial charge in [0.25, 0.3) is 0 Å². The van der Waals surface area contributed by atoms with E-state index in [4.69, 9.17) is 0 Å². The van der Waals surface area contributed by atoms with Crippen molar-refractivity contribution in [1.82, 2.24) is 5.32 Å². The number of hydrogen-bond donors (Lipinski definition) is 1. The molecule has 2 nitrogen and oxygen atoms in total. The molecule has 0 aromatic rings. The summed E-state index contributed by atoms with van der Waals surface area (Å²) < 4.78 is 76.9. The summed E-state index contributed by atoms with van der Waals surface area (Å²) in [5, 5.41) is 2.70. The van der Waals surface area contributed by atoms with E-state index in [2.05, 4.69) is 10.1 Å². The Morgan fingerprint density at radius 1 is 1.00 bits per heavy atom. The van der Waals surface area contributed by atoms with E-state index in [-0.39, 0.29) is 12.5 Å². The first-order valence-corrected chi connectivity index (χ1v) is 4.94. The SMILES string of the molecule is CNC(C)CC(C)OC(C(F)(F)F)C(F)(F)F. The number of halogens is 6. The molecule has 0 amide bonds. The highest BCUT2D eigenvalue weighted by Gasteiger charge is 2.58. The summed E-state index contributed by atoms with van der Waals surface area (Å²) in [6.45, 7) is 2.81. The standard InChI is InChI=1S/C9H15F6NO/c1-5(16-3)4-6(2)17-7(8(10,11)12)9(13,14)15/h5-7,16H,4H2,1-3H3. The maximum Gasteiger partial charge on any atom is 0.423 e. The van der Waals surface area contributed by atoms with Gasteiger partial charge in [0.2, 0.25) is 6.10 Å². The molecule has 0 aliphatic carbocycles. The monoisotopic (exact) mass is 267 g/mol. The lowest BCUT2D eigenvalue weighted by Crippen LogP contribution is -2.46. The van der Waals surface area contributed by atoms with Gasteiger partial charge in [0, 0.05) is 6.04 Å². The van der Waals surface area contributed by atoms with Crippen molar-refractivity contribution in [2.24, 2.45) is 0 Å². The van der Waals surface area contributed by atoms with Crippen LogP contribution < -0.4 is 5.32 Å². The zero-order valence-corrected chi connectivity index (χ0v) is 9.62. The van der Waals surface area contributed by atoms with Crippen molar-refractivity contribution < 1.29 is 31.1 Å². The molecule has 0 fully saturated rings. The van der Waals surface area contributed by atoms with Crippen molar-refractivity contribution >= 4 is 0 Å². The number of alkyl halides is 6. The molecule has 0 aromatic heterocycles. The van der Waals surface area contributed by atoms with Crippen LogP contribution in [0.2, 0.25) is 0 Å². The molecule has 0 aliphatic rings. The van der Waals surface area contributed by atoms with Crippen LogP contribution in [0.15, 0.2) is 0 Å². The average molecular weight is 267 g/mol. The van der Waals surface area contributed by atoms with Gasteiger partial charge >= 0.3 is 12.4 Å². The first kappa shape index (κ1) is 16.5. The average Bonchev–Trinajstić information content (AvgIpc) is 2.10. The van der Waals surface area contributed by atoms with Gasteiger partial charge in [-0.3, -0.25) is 0 Å². The van der Waals surface area contributed by atoms with E-state index < -0.39 is 24.6 Å². The molecule has 104 valence electrons. The normalized spacial score (nSPS) is 17.3. The third-order valence-corrected chi connectivity index (χ3v) is 2.14. The van der Waals surface area contributed by atoms with Crippen LogP contribution in [0, 0.1) is 0 Å². The van der Waals surface area contributed by atoms with Crippen LogP contribution in [0.4, 0.5) is 26.3 Å². The Bertz CT molecular complexity index is 213. The van der Waals surface area contributed by atoms with Crippen molar-refractivity contribution in [3.8, 4) is 0 Å². The molecule has 0 heterocycles. The highest BCUT2D eigenvalue weighted by atomic mass is 19.4. The van der Waals surface area contributed by atoms with Crippen LogP contribution in [-0.2, 0) is 4.74 Å². The van der Waals surface area contributed by atoms with Gasteiger partial charge in [-0.15, -0.1) is 0 Å². The zero-order chi connectivity index (χ0) is 13.9. The van der Waals surface area contributed by atoms with Gasteiger partial charge in [0.1, 0.15) is 0 Å². The van der Waals surface area contributed by atoms with Gasteiger partial charge in [0.15, 0.2) is 0 Å². The van der Waals surface area contributed by atoms with E-state index >= 15 is 0 Å². The first-order valence-electron chi connectivity index (χ1n) is 4.94. The summed E-state index contributed by atoms with van der Waals surface area (Å²) in [5.74, 6) is 0. The second-order valence-corrected chi connectivity index (χ2v) is 3.84. The predicted molar refractivity (Wildman–Crippen MR) is 49.6 cm³/mol. The molecule has 0 aromatic carbocycles. The lowest BCUT2D eigenvalue weighted by Gasteiger charge is -2.27. The van der Waals surface area contributed by atoms with Gasteiger partial charge in [-0.25, -0.2) is 0 Å². The number of ether oxygens (including phenoxy) is 1. The van der Waals surface area contributed by atoms with Gasteiger partial charge in [-0.1, -0.05) is 0 Å². The first-order chi connectivity index (χ1) is 7.48. The topological polar surface area (TPSA) is 21.3 Å². The Morgan fingerprint density at radius 3 is 1.71 bits per heavy atom. The van der Waals surface area contributed by atoms with Crippen LogP contribution in [0.3, 0.4) is 0 Å². The van der Waals surface area contributed by atoms with Crippen LogP contribution in [0.5, 0.6) is 0 Å². The van der Waals surface area contributed by atoms with E-state index in [0.717, 1.165) is 0 Å². The second kappa shape index (κ2) is 5.90. The van der Waals surface area contributed by atoms with Crippen LogP contribution in [0.1, 0.15) is 20.3 Å². The number of rotatable bonds is 5. The fraction of sp³-hybridized carbons (Fsp3) is 1.00. The molecule has 1 N–H and O–H groups in total. The second-order valence-electron chi connectivity index (χ2n) is 3.84. The Morgan fingerprint density at radius 2 is 1.41 bits per heavy atom. The summed E-state index contributed by atoms with van der Waals surface area (Å²) in [4.78, 5) is 0. The minimum absolute atomic E-state index is 0.0547. The molecular weight excluding hydrogens is 252 g/mol. The quantitative estimate of drug-likeness (QED) is 0.773. The van der Waals surface area contributed by atoms with Crippen molar-refractivity contribution in [3.63, 3.8) is 0 Å². The van der Waals surface area contributed by atoms with Crippen molar-refractivity contribution in [2.45, 2.75) is 50.9 Å². The predicted octanol–water partition coefficient (Wildman–Crippen LogP) is 2.88. The Balaban J connectivity index is 4.56. The fourth-order valence-corrected chi connectivity index (χ4v) is 1.24. The minimum Gasteiger partial charge on any atom is -0.358 e. The Hall–Kier alpha value is -0.500. The Kier molecular flexibility index (Phi) is 5.73. The third kappa shape index (κ3) is 6.11. The van der Waals surface area contributed by atoms with Crippen molar-refractivity contribution in [2.75, 3.05) is 7.05 Å². The van der Waals surface area contributed by atoms with E-state index in [1.807, 2.05) is 0 Å². The largest absolute Gasteiger partial charge is 0.423 e. The number of hydrogen-bond acceptors (Lipinski definition) is 2. The van der Waals surface area contributed by atoms with Gasteiger partial charge < -0.3 is 10.1 Å². The van der Waals surface area contributed by atoms with E-state index in [1.165, 1.54) is 6.92 Å². The lowest BCUT2D eigenvalue weighted by atomic mass is 10.1. The van der Waals surface area contributed by atoms with Gasteiger partial charge in [-0.2, -0.15) is 26.3 Å². The molecule has 0 saturated carbocycles. The molecule has 0 aliphatic heterocycles. The summed E-state index contributed by atoms with van der Waals surface area (Å²) in [6, 6.07) is -0.230. The molecule has 0 bridgehead atoms. The summed E-state index contributed by atoms with van der Waals surface area (Å²) in [5.41, 5.74) is 0. The molecular formula is C9H15F6NO. The minimum atomic E-state index is -5.45. The molecule has 2 atom stereocenters. The molecule has 0 radical (unpaired) electrons. The van der Waals surface area contributed by atoms with Gasteiger partial charge in [0.05, 0.1) is 6.10 Å². The van der Waals surface area contributed by atoms with Crippen molar-refractivity contribution in [1.29, 1.82) is 0 Å². The van der Waals surface area contributed by atoms with Crippen LogP contribution >= 0.6 is 0 Å². The maximum absolute atomic E-state index is 12.1. The molecule has 0 spiro atoms. The van der Waals surface area contributed by atoms with E-state index in [1.54, 1.807) is 14.0 Å². The van der Waals surface area contributed by atoms with Crippen LogP contribution in [-0.4, -0.2) is 37.7 Å². The lowest BCUT2D eigenvalue weighted by molar-refractivity contribution is -0.330. The summed E-state index contributed by atoms with van der Waals surface area (Å²) >= 11 is 0. The van der Waals surface area contributed by atoms with Crippen molar-refractivity contribution in [3.05, 3.63) is 0 Å².